The number of nitrogens with one attached hydrogen (secondary N) is 1. The van der Waals surface area contributed by atoms with Crippen LogP contribution in [0.25, 0.3) is 0 Å². The normalized spacial score (nSPS) is 30.1. The fourth-order valence-corrected chi connectivity index (χ4v) is 2.51. The zero-order valence-corrected chi connectivity index (χ0v) is 10.2. The molecule has 1 N–H and O–H groups in total. The number of hydrogen-bond donors (Lipinski definition) is 1. The number of carbonyl (C=O) groups is 1. The molecule has 1 aromatic rings. The summed E-state index contributed by atoms with van der Waals surface area (Å²) in [6, 6.07) is 9.51. The molecule has 2 aliphatic heterocycles. The molecule has 2 fully saturated rings. The van der Waals surface area contributed by atoms with Crippen molar-refractivity contribution in [1.29, 1.82) is 0 Å². The molecular weight excluding hydrogens is 230 g/mol. The average Bonchev–Trinajstić information content (AvgIpc) is 2.82. The molecule has 0 amide bonds. The van der Waals surface area contributed by atoms with Crippen LogP contribution in [0.1, 0.15) is 18.4 Å². The van der Waals surface area contributed by atoms with Crippen LogP contribution in [0.15, 0.2) is 30.3 Å². The first-order valence-electron chi connectivity index (χ1n) is 6.35. The standard InChI is InChI=1S/C14H17NO3/c16-13(17-9-11-4-2-1-3-5-11)12-8-14(10-15-12)6-7-18-14/h1-5,12,15H,6-10H2/t12-,14?/m0/s1. The Bertz CT molecular complexity index is 428. The van der Waals surface area contributed by atoms with Crippen molar-refractivity contribution in [3.8, 4) is 0 Å². The van der Waals surface area contributed by atoms with Gasteiger partial charge in [0, 0.05) is 19.4 Å². The van der Waals surface area contributed by atoms with Crippen molar-refractivity contribution < 1.29 is 14.3 Å². The Morgan fingerprint density at radius 3 is 2.83 bits per heavy atom. The second-order valence-electron chi connectivity index (χ2n) is 5.01. The van der Waals surface area contributed by atoms with Gasteiger partial charge in [0.15, 0.2) is 0 Å². The maximum Gasteiger partial charge on any atom is 0.323 e. The number of esters is 1. The minimum atomic E-state index is -0.214. The van der Waals surface area contributed by atoms with Gasteiger partial charge < -0.3 is 14.8 Å². The zero-order chi connectivity index (χ0) is 12.4. The summed E-state index contributed by atoms with van der Waals surface area (Å²) in [5.41, 5.74) is 0.926. The van der Waals surface area contributed by atoms with Crippen molar-refractivity contribution in [2.75, 3.05) is 13.2 Å². The first-order chi connectivity index (χ1) is 8.77. The van der Waals surface area contributed by atoms with Gasteiger partial charge >= 0.3 is 5.97 Å². The van der Waals surface area contributed by atoms with Crippen molar-refractivity contribution in [3.63, 3.8) is 0 Å². The summed E-state index contributed by atoms with van der Waals surface area (Å²) in [6.07, 6.45) is 1.78. The quantitative estimate of drug-likeness (QED) is 0.817. The van der Waals surface area contributed by atoms with E-state index in [-0.39, 0.29) is 17.6 Å². The van der Waals surface area contributed by atoms with E-state index in [4.69, 9.17) is 9.47 Å². The zero-order valence-electron chi connectivity index (χ0n) is 10.2. The highest BCUT2D eigenvalue weighted by molar-refractivity contribution is 5.76. The number of hydrogen-bond acceptors (Lipinski definition) is 4. The molecule has 4 heteroatoms. The van der Waals surface area contributed by atoms with E-state index in [0.29, 0.717) is 6.61 Å². The minimum Gasteiger partial charge on any atom is -0.460 e. The van der Waals surface area contributed by atoms with Gasteiger partial charge in [-0.3, -0.25) is 4.79 Å². The van der Waals surface area contributed by atoms with E-state index < -0.39 is 0 Å². The molecule has 96 valence electrons. The number of carbonyl (C=O) groups excluding carboxylic acids is 1. The third kappa shape index (κ3) is 2.26. The van der Waals surface area contributed by atoms with Crippen molar-refractivity contribution in [2.24, 2.45) is 0 Å². The maximum absolute atomic E-state index is 11.9. The third-order valence-electron chi connectivity index (χ3n) is 3.72. The van der Waals surface area contributed by atoms with Crippen LogP contribution in [0.5, 0.6) is 0 Å². The Labute approximate surface area is 106 Å². The van der Waals surface area contributed by atoms with E-state index >= 15 is 0 Å². The number of ether oxygens (including phenoxy) is 2. The Kier molecular flexibility index (Phi) is 3.06. The Morgan fingerprint density at radius 1 is 1.44 bits per heavy atom. The summed E-state index contributed by atoms with van der Waals surface area (Å²) < 4.78 is 10.9. The SMILES string of the molecule is O=C(OCc1ccccc1)[C@@H]1CC2(CCO2)CN1. The largest absolute Gasteiger partial charge is 0.460 e. The van der Waals surface area contributed by atoms with E-state index in [1.165, 1.54) is 0 Å². The summed E-state index contributed by atoms with van der Waals surface area (Å²) >= 11 is 0. The smallest absolute Gasteiger partial charge is 0.323 e. The van der Waals surface area contributed by atoms with Crippen LogP contribution in [0, 0.1) is 0 Å². The maximum atomic E-state index is 11.9. The van der Waals surface area contributed by atoms with E-state index in [2.05, 4.69) is 5.32 Å². The summed E-state index contributed by atoms with van der Waals surface area (Å²) in [6.45, 7) is 1.91. The lowest BCUT2D eigenvalue weighted by molar-refractivity contribution is -0.152. The molecule has 1 unspecified atom stereocenters. The van der Waals surface area contributed by atoms with Crippen LogP contribution in [-0.2, 0) is 20.9 Å². The molecule has 4 nitrogen and oxygen atoms in total. The average molecular weight is 247 g/mol. The summed E-state index contributed by atoms with van der Waals surface area (Å²) in [5.74, 6) is -0.175. The van der Waals surface area contributed by atoms with Crippen molar-refractivity contribution >= 4 is 5.97 Å². The molecule has 3 rings (SSSR count). The Hall–Kier alpha value is -1.39. The fraction of sp³-hybridized carbons (Fsp3) is 0.500. The topological polar surface area (TPSA) is 47.6 Å². The minimum absolute atomic E-state index is 0.0869. The van der Waals surface area contributed by atoms with Crippen LogP contribution in [0.3, 0.4) is 0 Å². The van der Waals surface area contributed by atoms with Crippen molar-refractivity contribution in [2.45, 2.75) is 31.1 Å². The fourth-order valence-electron chi connectivity index (χ4n) is 2.51. The van der Waals surface area contributed by atoms with E-state index in [9.17, 15) is 4.79 Å². The highest BCUT2D eigenvalue weighted by Gasteiger charge is 2.47. The predicted molar refractivity (Wildman–Crippen MR) is 65.9 cm³/mol. The van der Waals surface area contributed by atoms with Crippen molar-refractivity contribution in [1.82, 2.24) is 5.32 Å². The third-order valence-corrected chi connectivity index (χ3v) is 3.72. The highest BCUT2D eigenvalue weighted by Crippen LogP contribution is 2.34. The van der Waals surface area contributed by atoms with Gasteiger partial charge in [0.2, 0.25) is 0 Å². The molecule has 2 aliphatic rings. The monoisotopic (exact) mass is 247 g/mol. The van der Waals surface area contributed by atoms with Crippen molar-refractivity contribution in [3.05, 3.63) is 35.9 Å². The number of rotatable bonds is 3. The lowest BCUT2D eigenvalue weighted by Crippen LogP contribution is -2.45. The van der Waals surface area contributed by atoms with Gasteiger partial charge in [0.25, 0.3) is 0 Å². The molecule has 0 radical (unpaired) electrons. The summed E-state index contributed by atoms with van der Waals surface area (Å²) in [7, 11) is 0. The predicted octanol–water partition coefficient (Wildman–Crippen LogP) is 1.25. The molecule has 2 heterocycles. The van der Waals surface area contributed by atoms with E-state index in [1.54, 1.807) is 0 Å². The molecule has 1 spiro atoms. The highest BCUT2D eigenvalue weighted by atomic mass is 16.5. The van der Waals surface area contributed by atoms with Crippen LogP contribution in [-0.4, -0.2) is 30.8 Å². The first-order valence-corrected chi connectivity index (χ1v) is 6.35. The van der Waals surface area contributed by atoms with Gasteiger partial charge in [-0.2, -0.15) is 0 Å². The van der Waals surface area contributed by atoms with Crippen LogP contribution < -0.4 is 5.32 Å². The first kappa shape index (κ1) is 11.7. The van der Waals surface area contributed by atoms with Gasteiger partial charge in [0.05, 0.1) is 12.2 Å². The Balaban J connectivity index is 1.50. The van der Waals surface area contributed by atoms with Gasteiger partial charge in [-0.15, -0.1) is 0 Å². The molecule has 2 saturated heterocycles. The van der Waals surface area contributed by atoms with Gasteiger partial charge in [-0.1, -0.05) is 30.3 Å². The lowest BCUT2D eigenvalue weighted by atomic mass is 9.92. The van der Waals surface area contributed by atoms with Crippen LogP contribution in [0.4, 0.5) is 0 Å². The van der Waals surface area contributed by atoms with Gasteiger partial charge in [-0.25, -0.2) is 0 Å². The molecule has 18 heavy (non-hydrogen) atoms. The van der Waals surface area contributed by atoms with Gasteiger partial charge in [-0.05, 0) is 5.56 Å². The molecule has 0 bridgehead atoms. The van der Waals surface area contributed by atoms with E-state index in [1.807, 2.05) is 30.3 Å². The lowest BCUT2D eigenvalue weighted by Gasteiger charge is -2.37. The molecule has 1 aromatic carbocycles. The molecule has 0 aliphatic carbocycles. The molecule has 2 atom stereocenters. The summed E-state index contributed by atoms with van der Waals surface area (Å²) in [5, 5.41) is 3.19. The van der Waals surface area contributed by atoms with Gasteiger partial charge in [0.1, 0.15) is 12.6 Å². The molecule has 0 saturated carbocycles. The second kappa shape index (κ2) is 4.71. The van der Waals surface area contributed by atoms with Crippen LogP contribution >= 0.6 is 0 Å². The number of benzene rings is 1. The Morgan fingerprint density at radius 2 is 2.22 bits per heavy atom. The van der Waals surface area contributed by atoms with E-state index in [0.717, 1.165) is 31.6 Å². The summed E-state index contributed by atoms with van der Waals surface area (Å²) in [4.78, 5) is 11.9. The molecule has 0 aromatic heterocycles. The molecular formula is C14H17NO3. The van der Waals surface area contributed by atoms with Crippen LogP contribution in [0.2, 0.25) is 0 Å². The second-order valence-corrected chi connectivity index (χ2v) is 5.01.